The first kappa shape index (κ1) is 7.53. The van der Waals surface area contributed by atoms with Crippen LogP contribution in [0.4, 0.5) is 13.2 Å². The molecule has 0 saturated carbocycles. The maximum absolute atomic E-state index is 11.1. The number of hydrogen-bond acceptors (Lipinski definition) is 0. The van der Waals surface area contributed by atoms with Gasteiger partial charge in [0, 0.05) is 6.08 Å². The highest BCUT2D eigenvalue weighted by Crippen LogP contribution is 2.15. The molecule has 0 aliphatic rings. The van der Waals surface area contributed by atoms with Gasteiger partial charge in [-0.3, -0.25) is 0 Å². The van der Waals surface area contributed by atoms with E-state index in [4.69, 9.17) is 0 Å². The highest BCUT2D eigenvalue weighted by molar-refractivity contribution is 4.96. The van der Waals surface area contributed by atoms with Crippen LogP contribution in [0.1, 0.15) is 6.92 Å². The van der Waals surface area contributed by atoms with Gasteiger partial charge in [0.05, 0.1) is 0 Å². The van der Waals surface area contributed by atoms with Crippen LogP contribution in [0, 0.1) is 6.42 Å². The summed E-state index contributed by atoms with van der Waals surface area (Å²) in [5.41, 5.74) is 0. The van der Waals surface area contributed by atoms with E-state index in [1.807, 2.05) is 0 Å². The van der Waals surface area contributed by atoms with Crippen molar-refractivity contribution in [3.8, 4) is 0 Å². The third-order valence-corrected chi connectivity index (χ3v) is 0.478. The summed E-state index contributed by atoms with van der Waals surface area (Å²) in [7, 11) is 0. The van der Waals surface area contributed by atoms with E-state index in [9.17, 15) is 13.2 Å². The van der Waals surface area contributed by atoms with Gasteiger partial charge in [-0.05, 0) is 6.42 Å². The Morgan fingerprint density at radius 2 is 1.75 bits per heavy atom. The highest BCUT2D eigenvalue weighted by Gasteiger charge is 2.20. The summed E-state index contributed by atoms with van der Waals surface area (Å²) in [4.78, 5) is 0. The average Bonchev–Trinajstić information content (AvgIpc) is 1.59. The molecule has 0 spiro atoms. The summed E-state index contributed by atoms with van der Waals surface area (Å²) >= 11 is 0. The number of rotatable bonds is 1. The molecule has 0 bridgehead atoms. The zero-order chi connectivity index (χ0) is 6.62. The molecule has 0 amide bonds. The van der Waals surface area contributed by atoms with Crippen LogP contribution in [0.25, 0.3) is 0 Å². The van der Waals surface area contributed by atoms with Crippen molar-refractivity contribution in [1.82, 2.24) is 0 Å². The van der Waals surface area contributed by atoms with E-state index in [-0.39, 0.29) is 6.08 Å². The molecule has 0 unspecified atom stereocenters. The monoisotopic (exact) mass is 123 g/mol. The predicted octanol–water partition coefficient (Wildman–Crippen LogP) is 2.33. The predicted molar refractivity (Wildman–Crippen MR) is 25.2 cm³/mol. The van der Waals surface area contributed by atoms with Gasteiger partial charge in [-0.1, -0.05) is 13.0 Å². The molecule has 47 valence electrons. The van der Waals surface area contributed by atoms with Gasteiger partial charge in [0.25, 0.3) is 0 Å². The largest absolute Gasteiger partial charge is 0.409 e. The van der Waals surface area contributed by atoms with Gasteiger partial charge in [0.15, 0.2) is 0 Å². The second-order valence-electron chi connectivity index (χ2n) is 1.23. The van der Waals surface area contributed by atoms with Crippen LogP contribution >= 0.6 is 0 Å². The zero-order valence-corrected chi connectivity index (χ0v) is 4.37. The zero-order valence-electron chi connectivity index (χ0n) is 4.37. The molecular weight excluding hydrogens is 117 g/mol. The Hall–Kier alpha value is -0.470. The van der Waals surface area contributed by atoms with Crippen molar-refractivity contribution in [2.24, 2.45) is 0 Å². The molecule has 0 aliphatic carbocycles. The summed E-state index contributed by atoms with van der Waals surface area (Å²) in [6, 6.07) is 0. The van der Waals surface area contributed by atoms with Crippen molar-refractivity contribution in [3.05, 3.63) is 18.6 Å². The fourth-order valence-corrected chi connectivity index (χ4v) is 0.205. The van der Waals surface area contributed by atoms with Gasteiger partial charge in [0.1, 0.15) is 0 Å². The van der Waals surface area contributed by atoms with Crippen molar-refractivity contribution in [3.63, 3.8) is 0 Å². The van der Waals surface area contributed by atoms with Crippen LogP contribution < -0.4 is 0 Å². The number of hydrogen-bond donors (Lipinski definition) is 0. The van der Waals surface area contributed by atoms with Crippen LogP contribution in [0.2, 0.25) is 0 Å². The van der Waals surface area contributed by atoms with Crippen LogP contribution in [-0.4, -0.2) is 6.18 Å². The minimum absolute atomic E-state index is 0.188. The van der Waals surface area contributed by atoms with E-state index in [2.05, 4.69) is 0 Å². The molecule has 0 rings (SSSR count). The van der Waals surface area contributed by atoms with E-state index < -0.39 is 6.18 Å². The molecule has 8 heavy (non-hydrogen) atoms. The first-order chi connectivity index (χ1) is 3.56. The van der Waals surface area contributed by atoms with Crippen LogP contribution in [0.5, 0.6) is 0 Å². The van der Waals surface area contributed by atoms with Crippen molar-refractivity contribution >= 4 is 0 Å². The molecule has 0 aromatic heterocycles. The quantitative estimate of drug-likeness (QED) is 0.502. The Balaban J connectivity index is 3.52. The van der Waals surface area contributed by atoms with E-state index in [0.29, 0.717) is 0 Å². The first-order valence-corrected chi connectivity index (χ1v) is 2.10. The standard InChI is InChI=1S/C5H6F3/c1-2-3-4-5(6,7)8/h2-4H,1H3. The van der Waals surface area contributed by atoms with Crippen molar-refractivity contribution in [2.45, 2.75) is 13.1 Å². The number of alkyl halides is 3. The number of allylic oxidation sites excluding steroid dienone is 2. The fourth-order valence-electron chi connectivity index (χ4n) is 0.205. The second kappa shape index (κ2) is 2.74. The molecule has 0 aromatic rings. The SMILES string of the molecule is C[CH]C=CC(F)(F)F. The van der Waals surface area contributed by atoms with Crippen molar-refractivity contribution in [1.29, 1.82) is 0 Å². The van der Waals surface area contributed by atoms with Crippen LogP contribution in [-0.2, 0) is 0 Å². The maximum atomic E-state index is 11.1. The van der Waals surface area contributed by atoms with Gasteiger partial charge in [-0.15, -0.1) is 0 Å². The average molecular weight is 123 g/mol. The lowest BCUT2D eigenvalue weighted by Gasteiger charge is -1.94. The third kappa shape index (κ3) is 5.53. The summed E-state index contributed by atoms with van der Waals surface area (Å²) in [6.07, 6.45) is -1.69. The van der Waals surface area contributed by atoms with Gasteiger partial charge >= 0.3 is 6.18 Å². The molecule has 0 fully saturated rings. The van der Waals surface area contributed by atoms with Crippen molar-refractivity contribution in [2.75, 3.05) is 0 Å². The highest BCUT2D eigenvalue weighted by atomic mass is 19.4. The van der Waals surface area contributed by atoms with Gasteiger partial charge < -0.3 is 0 Å². The molecule has 0 atom stereocenters. The molecule has 1 radical (unpaired) electrons. The summed E-state index contributed by atoms with van der Waals surface area (Å²) in [5.74, 6) is 0. The smallest absolute Gasteiger partial charge is 0.167 e. The lowest BCUT2D eigenvalue weighted by Crippen LogP contribution is -1.99. The molecular formula is C5H6F3. The maximum Gasteiger partial charge on any atom is 0.409 e. The molecule has 0 nitrogen and oxygen atoms in total. The summed E-state index contributed by atoms with van der Waals surface area (Å²) in [6.45, 7) is 1.53. The lowest BCUT2D eigenvalue weighted by molar-refractivity contribution is -0.0798. The van der Waals surface area contributed by atoms with E-state index >= 15 is 0 Å². The fraction of sp³-hybridized carbons (Fsp3) is 0.400. The van der Waals surface area contributed by atoms with Gasteiger partial charge in [-0.2, -0.15) is 13.2 Å². The topological polar surface area (TPSA) is 0 Å². The Morgan fingerprint density at radius 3 is 1.88 bits per heavy atom. The second-order valence-corrected chi connectivity index (χ2v) is 1.23. The molecule has 3 heteroatoms. The molecule has 0 saturated heterocycles. The van der Waals surface area contributed by atoms with Gasteiger partial charge in [-0.25, -0.2) is 0 Å². The normalized spacial score (nSPS) is 13.0. The van der Waals surface area contributed by atoms with Crippen LogP contribution in [0.3, 0.4) is 0 Å². The van der Waals surface area contributed by atoms with E-state index in [0.717, 1.165) is 6.08 Å². The first-order valence-electron chi connectivity index (χ1n) is 2.10. The Morgan fingerprint density at radius 1 is 1.25 bits per heavy atom. The van der Waals surface area contributed by atoms with Crippen molar-refractivity contribution < 1.29 is 13.2 Å². The van der Waals surface area contributed by atoms with E-state index in [1.165, 1.54) is 13.3 Å². The van der Waals surface area contributed by atoms with Gasteiger partial charge in [0.2, 0.25) is 0 Å². The number of halogens is 3. The molecule has 0 aliphatic heterocycles. The Labute approximate surface area is 46.0 Å². The summed E-state index contributed by atoms with van der Waals surface area (Å²) in [5, 5.41) is 0. The Kier molecular flexibility index (Phi) is 2.58. The molecule has 0 heterocycles. The lowest BCUT2D eigenvalue weighted by atomic mass is 10.4. The summed E-state index contributed by atoms with van der Waals surface area (Å²) < 4.78 is 33.4. The minimum atomic E-state index is -4.16. The minimum Gasteiger partial charge on any atom is -0.167 e. The molecule has 0 N–H and O–H groups in total. The third-order valence-electron chi connectivity index (χ3n) is 0.478. The molecule has 0 aromatic carbocycles. The van der Waals surface area contributed by atoms with E-state index in [1.54, 1.807) is 0 Å². The van der Waals surface area contributed by atoms with Crippen LogP contribution in [0.15, 0.2) is 12.2 Å². The Bertz CT molecular complexity index is 80.2.